The van der Waals surface area contributed by atoms with Crippen molar-refractivity contribution >= 4 is 17.3 Å². The molecule has 0 bridgehead atoms. The Morgan fingerprint density at radius 3 is 2.90 bits per heavy atom. The molecule has 2 aromatic rings. The number of nitrogens with zero attached hydrogens (tertiary/aromatic N) is 1. The highest BCUT2D eigenvalue weighted by Gasteiger charge is 2.15. The minimum absolute atomic E-state index is 0.543. The molecule has 0 atom stereocenters. The maximum absolute atomic E-state index is 8.94. The van der Waals surface area contributed by atoms with Gasteiger partial charge in [-0.3, -0.25) is 0 Å². The summed E-state index contributed by atoms with van der Waals surface area (Å²) in [6.45, 7) is 1.66. The largest absolute Gasteiger partial charge is 0.486 e. The van der Waals surface area contributed by atoms with E-state index in [4.69, 9.17) is 26.3 Å². The number of hydrogen-bond acceptors (Lipinski definition) is 4. The zero-order valence-electron chi connectivity index (χ0n) is 11.2. The number of benzene rings is 2. The van der Waals surface area contributed by atoms with Crippen LogP contribution in [0.3, 0.4) is 0 Å². The Balaban J connectivity index is 1.81. The fourth-order valence-electron chi connectivity index (χ4n) is 2.19. The summed E-state index contributed by atoms with van der Waals surface area (Å²) in [5, 5.41) is 12.8. The van der Waals surface area contributed by atoms with Gasteiger partial charge in [-0.15, -0.1) is 0 Å². The lowest BCUT2D eigenvalue weighted by Gasteiger charge is -2.21. The SMILES string of the molecule is N#Cc1ccc(Cl)c(NCc2cccc3c2OCCO3)c1. The van der Waals surface area contributed by atoms with Crippen LogP contribution in [0.4, 0.5) is 5.69 Å². The van der Waals surface area contributed by atoms with Gasteiger partial charge in [-0.2, -0.15) is 5.26 Å². The molecule has 0 aliphatic carbocycles. The van der Waals surface area contributed by atoms with Crippen LogP contribution in [-0.2, 0) is 6.54 Å². The first kappa shape index (κ1) is 13.6. The van der Waals surface area contributed by atoms with E-state index in [1.54, 1.807) is 18.2 Å². The van der Waals surface area contributed by atoms with Crippen LogP contribution in [0, 0.1) is 11.3 Å². The zero-order chi connectivity index (χ0) is 14.7. The fraction of sp³-hybridized carbons (Fsp3) is 0.188. The van der Waals surface area contributed by atoms with Crippen LogP contribution in [0.25, 0.3) is 0 Å². The summed E-state index contributed by atoms with van der Waals surface area (Å²) in [5.74, 6) is 1.53. The lowest BCUT2D eigenvalue weighted by Crippen LogP contribution is -2.17. The van der Waals surface area contributed by atoms with Crippen LogP contribution < -0.4 is 14.8 Å². The average molecular weight is 301 g/mol. The molecule has 0 fully saturated rings. The third kappa shape index (κ3) is 2.88. The molecule has 0 radical (unpaired) electrons. The lowest BCUT2D eigenvalue weighted by molar-refractivity contribution is 0.170. The van der Waals surface area contributed by atoms with Crippen molar-refractivity contribution in [2.24, 2.45) is 0 Å². The van der Waals surface area contributed by atoms with Crippen molar-refractivity contribution in [3.8, 4) is 17.6 Å². The van der Waals surface area contributed by atoms with Gasteiger partial charge in [0.15, 0.2) is 11.5 Å². The zero-order valence-corrected chi connectivity index (χ0v) is 12.0. The first-order valence-corrected chi connectivity index (χ1v) is 6.97. The Morgan fingerprint density at radius 1 is 1.19 bits per heavy atom. The highest BCUT2D eigenvalue weighted by atomic mass is 35.5. The smallest absolute Gasteiger partial charge is 0.166 e. The van der Waals surface area contributed by atoms with Crippen molar-refractivity contribution in [2.75, 3.05) is 18.5 Å². The van der Waals surface area contributed by atoms with Gasteiger partial charge in [-0.1, -0.05) is 23.7 Å². The van der Waals surface area contributed by atoms with E-state index in [1.165, 1.54) is 0 Å². The number of fused-ring (bicyclic) bond motifs is 1. The number of anilines is 1. The summed E-state index contributed by atoms with van der Waals surface area (Å²) in [5.41, 5.74) is 2.28. The molecule has 106 valence electrons. The molecule has 1 aliphatic rings. The van der Waals surface area contributed by atoms with Gasteiger partial charge in [-0.25, -0.2) is 0 Å². The molecule has 3 rings (SSSR count). The van der Waals surface area contributed by atoms with Crippen molar-refractivity contribution < 1.29 is 9.47 Å². The first-order chi connectivity index (χ1) is 10.3. The Kier molecular flexibility index (Phi) is 3.85. The molecule has 0 saturated heterocycles. The summed E-state index contributed by atoms with van der Waals surface area (Å²) in [7, 11) is 0. The molecule has 0 spiro atoms. The molecule has 0 aromatic heterocycles. The Morgan fingerprint density at radius 2 is 2.05 bits per heavy atom. The standard InChI is InChI=1S/C16H13ClN2O2/c17-13-5-4-11(9-18)8-14(13)19-10-12-2-1-3-15-16(12)21-7-6-20-15/h1-5,8,19H,6-7,10H2. The van der Waals surface area contributed by atoms with E-state index < -0.39 is 0 Å². The van der Waals surface area contributed by atoms with E-state index >= 15 is 0 Å². The van der Waals surface area contributed by atoms with Gasteiger partial charge in [0.05, 0.1) is 22.3 Å². The van der Waals surface area contributed by atoms with E-state index in [0.29, 0.717) is 30.3 Å². The van der Waals surface area contributed by atoms with Crippen molar-refractivity contribution in [1.82, 2.24) is 0 Å². The van der Waals surface area contributed by atoms with Gasteiger partial charge < -0.3 is 14.8 Å². The molecule has 21 heavy (non-hydrogen) atoms. The summed E-state index contributed by atoms with van der Waals surface area (Å²) < 4.78 is 11.2. The summed E-state index contributed by atoms with van der Waals surface area (Å²) in [6, 6.07) is 13.0. The Bertz CT molecular complexity index is 710. The van der Waals surface area contributed by atoms with Gasteiger partial charge in [0.1, 0.15) is 13.2 Å². The van der Waals surface area contributed by atoms with Crippen LogP contribution in [0.5, 0.6) is 11.5 Å². The normalized spacial score (nSPS) is 12.6. The fourth-order valence-corrected chi connectivity index (χ4v) is 2.38. The molecule has 0 amide bonds. The van der Waals surface area contributed by atoms with E-state index in [0.717, 1.165) is 22.7 Å². The maximum atomic E-state index is 8.94. The number of ether oxygens (including phenoxy) is 2. The average Bonchev–Trinajstić information content (AvgIpc) is 2.54. The molecule has 4 nitrogen and oxygen atoms in total. The number of hydrogen-bond donors (Lipinski definition) is 1. The molecule has 0 unspecified atom stereocenters. The van der Waals surface area contributed by atoms with Crippen molar-refractivity contribution in [2.45, 2.75) is 6.54 Å². The third-order valence-corrected chi connectivity index (χ3v) is 3.54. The van der Waals surface area contributed by atoms with Gasteiger partial charge >= 0.3 is 0 Å². The third-order valence-electron chi connectivity index (χ3n) is 3.21. The van der Waals surface area contributed by atoms with Crippen molar-refractivity contribution in [1.29, 1.82) is 5.26 Å². The van der Waals surface area contributed by atoms with Gasteiger partial charge in [0.2, 0.25) is 0 Å². The lowest BCUT2D eigenvalue weighted by atomic mass is 10.1. The number of para-hydroxylation sites is 1. The monoisotopic (exact) mass is 300 g/mol. The Labute approximate surface area is 127 Å². The summed E-state index contributed by atoms with van der Waals surface area (Å²) in [6.07, 6.45) is 0. The number of rotatable bonds is 3. The van der Waals surface area contributed by atoms with E-state index in [1.807, 2.05) is 18.2 Å². The van der Waals surface area contributed by atoms with Crippen LogP contribution in [0.15, 0.2) is 36.4 Å². The van der Waals surface area contributed by atoms with Crippen LogP contribution in [0.1, 0.15) is 11.1 Å². The molecule has 2 aromatic carbocycles. The van der Waals surface area contributed by atoms with E-state index in [2.05, 4.69) is 11.4 Å². The van der Waals surface area contributed by atoms with Crippen molar-refractivity contribution in [3.05, 3.63) is 52.5 Å². The maximum Gasteiger partial charge on any atom is 0.166 e. The van der Waals surface area contributed by atoms with E-state index in [-0.39, 0.29) is 0 Å². The highest BCUT2D eigenvalue weighted by Crippen LogP contribution is 2.34. The molecular formula is C16H13ClN2O2. The van der Waals surface area contributed by atoms with Gasteiger partial charge in [0.25, 0.3) is 0 Å². The second-order valence-corrected chi connectivity index (χ2v) is 5.01. The molecular weight excluding hydrogens is 288 g/mol. The Hall–Kier alpha value is -2.38. The van der Waals surface area contributed by atoms with Crippen LogP contribution in [-0.4, -0.2) is 13.2 Å². The predicted molar refractivity (Wildman–Crippen MR) is 80.9 cm³/mol. The molecule has 1 heterocycles. The quantitative estimate of drug-likeness (QED) is 0.941. The van der Waals surface area contributed by atoms with Gasteiger partial charge in [0, 0.05) is 12.1 Å². The molecule has 1 aliphatic heterocycles. The van der Waals surface area contributed by atoms with E-state index in [9.17, 15) is 0 Å². The molecule has 0 saturated carbocycles. The second-order valence-electron chi connectivity index (χ2n) is 4.60. The highest BCUT2D eigenvalue weighted by molar-refractivity contribution is 6.33. The van der Waals surface area contributed by atoms with Crippen LogP contribution in [0.2, 0.25) is 5.02 Å². The first-order valence-electron chi connectivity index (χ1n) is 6.59. The second kappa shape index (κ2) is 5.94. The summed E-state index contributed by atoms with van der Waals surface area (Å²) >= 11 is 6.13. The molecule has 1 N–H and O–H groups in total. The predicted octanol–water partition coefficient (Wildman–Crippen LogP) is 3.59. The molecule has 5 heteroatoms. The van der Waals surface area contributed by atoms with Crippen LogP contribution >= 0.6 is 11.6 Å². The van der Waals surface area contributed by atoms with Gasteiger partial charge in [-0.05, 0) is 24.3 Å². The number of nitriles is 1. The summed E-state index contributed by atoms with van der Waals surface area (Å²) in [4.78, 5) is 0. The van der Waals surface area contributed by atoms with Crippen molar-refractivity contribution in [3.63, 3.8) is 0 Å². The minimum Gasteiger partial charge on any atom is -0.486 e. The minimum atomic E-state index is 0.543. The number of halogens is 1. The topological polar surface area (TPSA) is 54.3 Å². The number of nitrogens with one attached hydrogen (secondary N) is 1.